The Morgan fingerprint density at radius 1 is 1.17 bits per heavy atom. The first-order chi connectivity index (χ1) is 11.2. The Kier molecular flexibility index (Phi) is 6.64. The number of hydrogen-bond acceptors (Lipinski definition) is 3. The van der Waals surface area contributed by atoms with Gasteiger partial charge in [0.1, 0.15) is 11.5 Å². The van der Waals surface area contributed by atoms with Crippen LogP contribution in [0.2, 0.25) is 0 Å². The molecule has 24 heavy (non-hydrogen) atoms. The Hall–Kier alpha value is -2.04. The standard InChI is InChI=1S/C19H22N2O2.ClH/c1-14-6-2-4-8-17(14)23-18-9-5-3-7-15(18)13-21-19(22)16-10-11-20-12-16;/h2-9,16,20H,10-13H2,1H3,(H,21,22);1H. The zero-order chi connectivity index (χ0) is 16.1. The molecule has 4 nitrogen and oxygen atoms in total. The van der Waals surface area contributed by atoms with Crippen LogP contribution in [-0.2, 0) is 11.3 Å². The minimum Gasteiger partial charge on any atom is -0.457 e. The molecular weight excluding hydrogens is 324 g/mol. The first-order valence-corrected chi connectivity index (χ1v) is 8.04. The van der Waals surface area contributed by atoms with Gasteiger partial charge in [-0.15, -0.1) is 12.4 Å². The third-order valence-corrected chi connectivity index (χ3v) is 4.17. The van der Waals surface area contributed by atoms with E-state index in [1.807, 2.05) is 55.5 Å². The van der Waals surface area contributed by atoms with Crippen molar-refractivity contribution in [1.29, 1.82) is 0 Å². The molecule has 2 N–H and O–H groups in total. The van der Waals surface area contributed by atoms with Crippen LogP contribution in [0.3, 0.4) is 0 Å². The molecule has 2 aromatic rings. The van der Waals surface area contributed by atoms with Crippen molar-refractivity contribution in [3.8, 4) is 11.5 Å². The molecule has 1 heterocycles. The quantitative estimate of drug-likeness (QED) is 0.872. The van der Waals surface area contributed by atoms with Gasteiger partial charge in [-0.1, -0.05) is 36.4 Å². The zero-order valence-electron chi connectivity index (χ0n) is 13.7. The summed E-state index contributed by atoms with van der Waals surface area (Å²) in [6.45, 7) is 4.20. The van der Waals surface area contributed by atoms with Crippen LogP contribution >= 0.6 is 12.4 Å². The molecule has 1 aliphatic rings. The topological polar surface area (TPSA) is 50.4 Å². The third kappa shape index (κ3) is 4.49. The number of aryl methyl sites for hydroxylation is 1. The van der Waals surface area contributed by atoms with Gasteiger partial charge in [-0.25, -0.2) is 0 Å². The first-order valence-electron chi connectivity index (χ1n) is 8.04. The second-order valence-electron chi connectivity index (χ2n) is 5.88. The predicted octanol–water partition coefficient (Wildman–Crippen LogP) is 3.43. The fourth-order valence-corrected chi connectivity index (χ4v) is 2.74. The Labute approximate surface area is 149 Å². The van der Waals surface area contributed by atoms with Gasteiger partial charge in [0.25, 0.3) is 0 Å². The lowest BCUT2D eigenvalue weighted by molar-refractivity contribution is -0.124. The molecule has 5 heteroatoms. The molecule has 3 rings (SSSR count). The monoisotopic (exact) mass is 346 g/mol. The van der Waals surface area contributed by atoms with Gasteiger partial charge in [-0.2, -0.15) is 0 Å². The second-order valence-corrected chi connectivity index (χ2v) is 5.88. The molecule has 128 valence electrons. The summed E-state index contributed by atoms with van der Waals surface area (Å²) in [5, 5.41) is 6.24. The molecule has 0 spiro atoms. The maximum absolute atomic E-state index is 12.2. The maximum atomic E-state index is 12.2. The Bertz CT molecular complexity index is 685. The number of rotatable bonds is 5. The number of para-hydroxylation sites is 2. The number of nitrogens with one attached hydrogen (secondary N) is 2. The van der Waals surface area contributed by atoms with Gasteiger partial charge in [0.15, 0.2) is 0 Å². The van der Waals surface area contributed by atoms with Crippen LogP contribution < -0.4 is 15.4 Å². The SMILES string of the molecule is Cc1ccccc1Oc1ccccc1CNC(=O)C1CCNC1.Cl. The third-order valence-electron chi connectivity index (χ3n) is 4.17. The van der Waals surface area contributed by atoms with Crippen LogP contribution in [0.1, 0.15) is 17.5 Å². The highest BCUT2D eigenvalue weighted by molar-refractivity contribution is 5.85. The van der Waals surface area contributed by atoms with E-state index in [2.05, 4.69) is 10.6 Å². The number of carbonyl (C=O) groups is 1. The van der Waals surface area contributed by atoms with Crippen LogP contribution in [0.25, 0.3) is 0 Å². The summed E-state index contributed by atoms with van der Waals surface area (Å²) in [7, 11) is 0. The van der Waals surface area contributed by atoms with E-state index in [4.69, 9.17) is 4.74 Å². The van der Waals surface area contributed by atoms with Crippen LogP contribution in [0, 0.1) is 12.8 Å². The average molecular weight is 347 g/mol. The van der Waals surface area contributed by atoms with Gasteiger partial charge in [0, 0.05) is 18.7 Å². The number of carbonyl (C=O) groups excluding carboxylic acids is 1. The largest absolute Gasteiger partial charge is 0.457 e. The summed E-state index contributed by atoms with van der Waals surface area (Å²) in [5.41, 5.74) is 2.07. The van der Waals surface area contributed by atoms with Gasteiger partial charge in [0.2, 0.25) is 5.91 Å². The van der Waals surface area contributed by atoms with Crippen molar-refractivity contribution in [1.82, 2.24) is 10.6 Å². The molecule has 1 fully saturated rings. The van der Waals surface area contributed by atoms with E-state index in [-0.39, 0.29) is 24.2 Å². The summed E-state index contributed by atoms with van der Waals surface area (Å²) >= 11 is 0. The summed E-state index contributed by atoms with van der Waals surface area (Å²) in [4.78, 5) is 12.2. The molecule has 1 amide bonds. The molecule has 0 aliphatic carbocycles. The van der Waals surface area contributed by atoms with Gasteiger partial charge < -0.3 is 15.4 Å². The predicted molar refractivity (Wildman–Crippen MR) is 97.8 cm³/mol. The van der Waals surface area contributed by atoms with Crippen molar-refractivity contribution in [2.24, 2.45) is 5.92 Å². The Morgan fingerprint density at radius 3 is 2.58 bits per heavy atom. The summed E-state index contributed by atoms with van der Waals surface area (Å²) in [5.74, 6) is 1.82. The van der Waals surface area contributed by atoms with Crippen LogP contribution in [0.4, 0.5) is 0 Å². The fraction of sp³-hybridized carbons (Fsp3) is 0.316. The number of ether oxygens (including phenoxy) is 1. The van der Waals surface area contributed by atoms with E-state index in [0.717, 1.165) is 42.1 Å². The van der Waals surface area contributed by atoms with E-state index in [1.165, 1.54) is 0 Å². The van der Waals surface area contributed by atoms with Crippen molar-refractivity contribution < 1.29 is 9.53 Å². The highest BCUT2D eigenvalue weighted by Crippen LogP contribution is 2.27. The molecule has 1 aliphatic heterocycles. The average Bonchev–Trinajstić information content (AvgIpc) is 3.10. The van der Waals surface area contributed by atoms with E-state index < -0.39 is 0 Å². The summed E-state index contributed by atoms with van der Waals surface area (Å²) < 4.78 is 6.03. The minimum absolute atomic E-state index is 0. The molecule has 1 atom stereocenters. The van der Waals surface area contributed by atoms with E-state index in [1.54, 1.807) is 0 Å². The lowest BCUT2D eigenvalue weighted by Crippen LogP contribution is -2.31. The van der Waals surface area contributed by atoms with Crippen LogP contribution in [0.5, 0.6) is 11.5 Å². The molecule has 1 unspecified atom stereocenters. The number of halogens is 1. The highest BCUT2D eigenvalue weighted by atomic mass is 35.5. The normalized spacial score (nSPS) is 16.3. The van der Waals surface area contributed by atoms with Crippen molar-refractivity contribution in [3.63, 3.8) is 0 Å². The highest BCUT2D eigenvalue weighted by Gasteiger charge is 2.22. The lowest BCUT2D eigenvalue weighted by atomic mass is 10.1. The van der Waals surface area contributed by atoms with Crippen molar-refractivity contribution >= 4 is 18.3 Å². The number of hydrogen-bond donors (Lipinski definition) is 2. The molecule has 1 saturated heterocycles. The fourth-order valence-electron chi connectivity index (χ4n) is 2.74. The van der Waals surface area contributed by atoms with Crippen molar-refractivity contribution in [2.75, 3.05) is 13.1 Å². The maximum Gasteiger partial charge on any atom is 0.224 e. The molecule has 0 saturated carbocycles. The van der Waals surface area contributed by atoms with Crippen LogP contribution in [0.15, 0.2) is 48.5 Å². The smallest absolute Gasteiger partial charge is 0.224 e. The molecule has 0 aromatic heterocycles. The molecule has 0 radical (unpaired) electrons. The van der Waals surface area contributed by atoms with E-state index in [0.29, 0.717) is 6.54 Å². The van der Waals surface area contributed by atoms with Gasteiger partial charge in [0.05, 0.1) is 5.92 Å². The summed E-state index contributed by atoms with van der Waals surface area (Å²) in [6, 6.07) is 15.8. The second kappa shape index (κ2) is 8.71. The molecule has 0 bridgehead atoms. The van der Waals surface area contributed by atoms with Crippen molar-refractivity contribution in [3.05, 3.63) is 59.7 Å². The van der Waals surface area contributed by atoms with Crippen molar-refractivity contribution in [2.45, 2.75) is 19.9 Å². The number of amides is 1. The lowest BCUT2D eigenvalue weighted by Gasteiger charge is -2.14. The molecule has 2 aromatic carbocycles. The van der Waals surface area contributed by atoms with Gasteiger partial charge in [-0.05, 0) is 37.6 Å². The van der Waals surface area contributed by atoms with Gasteiger partial charge >= 0.3 is 0 Å². The minimum atomic E-state index is 0. The Morgan fingerprint density at radius 2 is 1.88 bits per heavy atom. The van der Waals surface area contributed by atoms with E-state index in [9.17, 15) is 4.79 Å². The van der Waals surface area contributed by atoms with E-state index >= 15 is 0 Å². The first kappa shape index (κ1) is 18.3. The number of benzene rings is 2. The van der Waals surface area contributed by atoms with Crippen LogP contribution in [-0.4, -0.2) is 19.0 Å². The molecular formula is C19H23ClN2O2. The van der Waals surface area contributed by atoms with Gasteiger partial charge in [-0.3, -0.25) is 4.79 Å². The Balaban J connectivity index is 0.00000208. The summed E-state index contributed by atoms with van der Waals surface area (Å²) in [6.07, 6.45) is 0.910. The zero-order valence-corrected chi connectivity index (χ0v) is 14.6.